The SMILES string of the molecule is CC(NC(=O)C(O)C(C)C)C(=O)N1CCCC(C(=O)OCC(Cl)(Cl)Cl)N1. The molecule has 0 aromatic rings. The number of hydrogen-bond acceptors (Lipinski definition) is 6. The van der Waals surface area contributed by atoms with Gasteiger partial charge in [-0.2, -0.15) is 0 Å². The number of alkyl halides is 3. The zero-order valence-corrected chi connectivity index (χ0v) is 17.1. The maximum atomic E-state index is 12.5. The number of hydrogen-bond donors (Lipinski definition) is 3. The minimum Gasteiger partial charge on any atom is -0.460 e. The van der Waals surface area contributed by atoms with Crippen LogP contribution in [-0.2, 0) is 19.1 Å². The number of rotatable bonds is 6. The lowest BCUT2D eigenvalue weighted by atomic mass is 10.1. The minimum absolute atomic E-state index is 0.275. The minimum atomic E-state index is -1.71. The van der Waals surface area contributed by atoms with Crippen molar-refractivity contribution in [1.29, 1.82) is 0 Å². The molecule has 8 nitrogen and oxygen atoms in total. The molecular weight excluding hydrogens is 409 g/mol. The maximum Gasteiger partial charge on any atom is 0.325 e. The first kappa shape index (κ1) is 23.2. The number of aliphatic hydroxyl groups is 1. The summed E-state index contributed by atoms with van der Waals surface area (Å²) < 4.78 is 3.21. The predicted octanol–water partition coefficient (Wildman–Crippen LogP) is 0.917. The van der Waals surface area contributed by atoms with E-state index in [9.17, 15) is 19.5 Å². The van der Waals surface area contributed by atoms with E-state index in [1.165, 1.54) is 11.9 Å². The summed E-state index contributed by atoms with van der Waals surface area (Å²) in [6.07, 6.45) is -0.194. The average molecular weight is 433 g/mol. The molecule has 1 saturated heterocycles. The molecule has 0 bridgehead atoms. The Hall–Kier alpha value is -0.800. The lowest BCUT2D eigenvalue weighted by molar-refractivity contribution is -0.153. The maximum absolute atomic E-state index is 12.5. The van der Waals surface area contributed by atoms with Crippen molar-refractivity contribution in [2.45, 2.75) is 55.6 Å². The monoisotopic (exact) mass is 431 g/mol. The van der Waals surface area contributed by atoms with Crippen molar-refractivity contribution in [3.63, 3.8) is 0 Å². The summed E-state index contributed by atoms with van der Waals surface area (Å²) in [5, 5.41) is 13.4. The smallest absolute Gasteiger partial charge is 0.325 e. The van der Waals surface area contributed by atoms with Crippen molar-refractivity contribution < 1.29 is 24.2 Å². The number of nitrogens with one attached hydrogen (secondary N) is 2. The first-order valence-electron chi connectivity index (χ1n) is 8.21. The highest BCUT2D eigenvalue weighted by Crippen LogP contribution is 2.26. The molecule has 2 amide bonds. The molecule has 0 aromatic heterocycles. The van der Waals surface area contributed by atoms with E-state index in [1.807, 2.05) is 0 Å². The zero-order valence-electron chi connectivity index (χ0n) is 14.8. The summed E-state index contributed by atoms with van der Waals surface area (Å²) in [4.78, 5) is 36.4. The number of aliphatic hydroxyl groups excluding tert-OH is 1. The molecule has 0 aromatic carbocycles. The third kappa shape index (κ3) is 7.44. The molecule has 150 valence electrons. The van der Waals surface area contributed by atoms with Crippen LogP contribution in [0.4, 0.5) is 0 Å². The van der Waals surface area contributed by atoms with Crippen LogP contribution in [0.2, 0.25) is 0 Å². The fourth-order valence-corrected chi connectivity index (χ4v) is 2.43. The van der Waals surface area contributed by atoms with Gasteiger partial charge in [0.15, 0.2) is 0 Å². The van der Waals surface area contributed by atoms with Crippen LogP contribution in [-0.4, -0.2) is 63.0 Å². The van der Waals surface area contributed by atoms with E-state index in [0.29, 0.717) is 19.4 Å². The zero-order chi connectivity index (χ0) is 20.1. The van der Waals surface area contributed by atoms with Gasteiger partial charge >= 0.3 is 5.97 Å². The van der Waals surface area contributed by atoms with E-state index >= 15 is 0 Å². The lowest BCUT2D eigenvalue weighted by Crippen LogP contribution is -2.60. The summed E-state index contributed by atoms with van der Waals surface area (Å²) in [6.45, 7) is 4.84. The second-order valence-corrected chi connectivity index (χ2v) is 8.97. The van der Waals surface area contributed by atoms with Crippen molar-refractivity contribution in [3.8, 4) is 0 Å². The van der Waals surface area contributed by atoms with Crippen molar-refractivity contribution in [2.24, 2.45) is 5.92 Å². The Balaban J connectivity index is 2.58. The van der Waals surface area contributed by atoms with Crippen molar-refractivity contribution in [2.75, 3.05) is 13.2 Å². The summed E-state index contributed by atoms with van der Waals surface area (Å²) >= 11 is 16.6. The van der Waals surface area contributed by atoms with Gasteiger partial charge < -0.3 is 15.2 Å². The highest BCUT2D eigenvalue weighted by molar-refractivity contribution is 6.67. The third-order valence-corrected chi connectivity index (χ3v) is 4.07. The molecule has 26 heavy (non-hydrogen) atoms. The van der Waals surface area contributed by atoms with E-state index in [2.05, 4.69) is 10.7 Å². The van der Waals surface area contributed by atoms with Crippen LogP contribution in [0, 0.1) is 5.92 Å². The molecule has 0 saturated carbocycles. The fourth-order valence-electron chi connectivity index (χ4n) is 2.27. The molecular formula is C15H24Cl3N3O5. The first-order chi connectivity index (χ1) is 11.9. The predicted molar refractivity (Wildman–Crippen MR) is 97.6 cm³/mol. The lowest BCUT2D eigenvalue weighted by Gasteiger charge is -2.34. The van der Waals surface area contributed by atoms with Gasteiger partial charge in [-0.3, -0.25) is 19.4 Å². The summed E-state index contributed by atoms with van der Waals surface area (Å²) in [5.74, 6) is -1.98. The highest BCUT2D eigenvalue weighted by Gasteiger charge is 2.33. The van der Waals surface area contributed by atoms with Gasteiger partial charge in [0.2, 0.25) is 9.70 Å². The first-order valence-corrected chi connectivity index (χ1v) is 9.35. The van der Waals surface area contributed by atoms with Crippen molar-refractivity contribution in [1.82, 2.24) is 15.8 Å². The molecule has 1 aliphatic rings. The number of esters is 1. The number of halogens is 3. The van der Waals surface area contributed by atoms with E-state index < -0.39 is 46.4 Å². The molecule has 1 rings (SSSR count). The van der Waals surface area contributed by atoms with Crippen molar-refractivity contribution in [3.05, 3.63) is 0 Å². The normalized spacial score (nSPS) is 20.5. The number of carbonyl (C=O) groups is 3. The largest absolute Gasteiger partial charge is 0.460 e. The molecule has 0 radical (unpaired) electrons. The van der Waals surface area contributed by atoms with Crippen LogP contribution in [0.1, 0.15) is 33.6 Å². The van der Waals surface area contributed by atoms with Gasteiger partial charge in [0.05, 0.1) is 0 Å². The Labute approximate surface area is 167 Å². The fraction of sp³-hybridized carbons (Fsp3) is 0.800. The van der Waals surface area contributed by atoms with Crippen LogP contribution in [0.5, 0.6) is 0 Å². The molecule has 3 atom stereocenters. The standard InChI is InChI=1S/C15H24Cl3N3O5/c1-8(2)11(22)12(23)19-9(3)13(24)21-6-4-5-10(20-21)14(25)26-7-15(16,17)18/h8-11,20,22H,4-7H2,1-3H3,(H,19,23). The molecule has 1 fully saturated rings. The summed E-state index contributed by atoms with van der Waals surface area (Å²) in [5.41, 5.74) is 2.76. The summed E-state index contributed by atoms with van der Waals surface area (Å²) in [7, 11) is 0. The van der Waals surface area contributed by atoms with Gasteiger partial charge in [-0.05, 0) is 25.7 Å². The van der Waals surface area contributed by atoms with Gasteiger partial charge in [0.1, 0.15) is 24.8 Å². The molecule has 1 heterocycles. The van der Waals surface area contributed by atoms with Gasteiger partial charge in [-0.1, -0.05) is 48.7 Å². The Morgan fingerprint density at radius 2 is 1.92 bits per heavy atom. The Morgan fingerprint density at radius 1 is 1.31 bits per heavy atom. The summed E-state index contributed by atoms with van der Waals surface area (Å²) in [6, 6.07) is -1.64. The number of nitrogens with zero attached hydrogens (tertiary/aromatic N) is 1. The van der Waals surface area contributed by atoms with Gasteiger partial charge in [-0.25, -0.2) is 5.43 Å². The van der Waals surface area contributed by atoms with Gasteiger partial charge in [0.25, 0.3) is 5.91 Å². The average Bonchev–Trinajstić information content (AvgIpc) is 2.57. The third-order valence-electron chi connectivity index (χ3n) is 3.74. The van der Waals surface area contributed by atoms with E-state index in [1.54, 1.807) is 13.8 Å². The highest BCUT2D eigenvalue weighted by atomic mass is 35.6. The number of hydrazine groups is 1. The quantitative estimate of drug-likeness (QED) is 0.425. The number of ether oxygens (including phenoxy) is 1. The van der Waals surface area contributed by atoms with E-state index in [0.717, 1.165) is 0 Å². The van der Waals surface area contributed by atoms with Gasteiger partial charge in [0, 0.05) is 6.54 Å². The van der Waals surface area contributed by atoms with Gasteiger partial charge in [-0.15, -0.1) is 0 Å². The number of carbonyl (C=O) groups excluding carboxylic acids is 3. The van der Waals surface area contributed by atoms with E-state index in [-0.39, 0.29) is 5.92 Å². The Bertz CT molecular complexity index is 527. The molecule has 11 heteroatoms. The second kappa shape index (κ2) is 9.94. The van der Waals surface area contributed by atoms with E-state index in [4.69, 9.17) is 39.5 Å². The second-order valence-electron chi connectivity index (χ2n) is 6.46. The Morgan fingerprint density at radius 3 is 2.46 bits per heavy atom. The number of amides is 2. The molecule has 1 aliphatic heterocycles. The van der Waals surface area contributed by atoms with Crippen LogP contribution < -0.4 is 10.7 Å². The Kier molecular flexibility index (Phi) is 8.88. The molecule has 0 aliphatic carbocycles. The van der Waals surface area contributed by atoms with Crippen molar-refractivity contribution >= 4 is 52.6 Å². The van der Waals surface area contributed by atoms with Crippen LogP contribution >= 0.6 is 34.8 Å². The molecule has 0 spiro atoms. The van der Waals surface area contributed by atoms with Crippen LogP contribution in [0.25, 0.3) is 0 Å². The molecule has 3 unspecified atom stereocenters. The van der Waals surface area contributed by atoms with Crippen LogP contribution in [0.3, 0.4) is 0 Å². The molecule has 3 N–H and O–H groups in total. The van der Waals surface area contributed by atoms with Crippen LogP contribution in [0.15, 0.2) is 0 Å². The topological polar surface area (TPSA) is 108 Å².